The van der Waals surface area contributed by atoms with Crippen molar-refractivity contribution in [2.45, 2.75) is 13.3 Å². The molecular weight excluding hydrogens is 299 g/mol. The monoisotopic (exact) mass is 314 g/mol. The average Bonchev–Trinajstić information content (AvgIpc) is 2.58. The van der Waals surface area contributed by atoms with Crippen molar-refractivity contribution < 1.29 is 18.3 Å². The third-order valence-electron chi connectivity index (χ3n) is 3.58. The van der Waals surface area contributed by atoms with Gasteiger partial charge in [-0.1, -0.05) is 19.1 Å². The third-order valence-corrected chi connectivity index (χ3v) is 3.58. The van der Waals surface area contributed by atoms with Gasteiger partial charge in [0, 0.05) is 6.07 Å². The molecule has 0 fully saturated rings. The molecule has 0 unspecified atom stereocenters. The first kappa shape index (κ1) is 15.1. The molecule has 0 radical (unpaired) electrons. The molecule has 0 saturated carbocycles. The minimum Gasteiger partial charge on any atom is -0.496 e. The molecule has 3 aromatic rings. The first-order valence-electron chi connectivity index (χ1n) is 7.18. The first-order valence-corrected chi connectivity index (χ1v) is 7.18. The number of para-hydroxylation sites is 1. The summed E-state index contributed by atoms with van der Waals surface area (Å²) in [4.78, 5) is 12.6. The van der Waals surface area contributed by atoms with Crippen LogP contribution in [-0.4, -0.2) is 7.11 Å². The minimum absolute atomic E-state index is 0.0247. The second-order valence-corrected chi connectivity index (χ2v) is 4.98. The Morgan fingerprint density at radius 1 is 1.13 bits per heavy atom. The molecular formula is C18H15FO4. The molecule has 0 amide bonds. The van der Waals surface area contributed by atoms with Crippen LogP contribution in [0.5, 0.6) is 17.2 Å². The van der Waals surface area contributed by atoms with E-state index in [4.69, 9.17) is 13.9 Å². The van der Waals surface area contributed by atoms with Gasteiger partial charge in [0.25, 0.3) is 0 Å². The number of halogens is 1. The number of hydrogen-bond donors (Lipinski definition) is 0. The Balaban J connectivity index is 2.12. The van der Waals surface area contributed by atoms with E-state index in [0.717, 1.165) is 5.56 Å². The molecule has 118 valence electrons. The highest BCUT2D eigenvalue weighted by Crippen LogP contribution is 2.28. The lowest BCUT2D eigenvalue weighted by Crippen LogP contribution is -2.06. The van der Waals surface area contributed by atoms with Crippen molar-refractivity contribution in [1.29, 1.82) is 0 Å². The molecule has 0 atom stereocenters. The maximum absolute atomic E-state index is 13.7. The second kappa shape index (κ2) is 6.12. The standard InChI is InChI=1S/C18H15FO4/c1-3-11-8-12-16(9-15(11)21-2)22-10-17(18(12)20)23-14-7-5-4-6-13(14)19/h4-10H,3H2,1-2H3. The van der Waals surface area contributed by atoms with Crippen LogP contribution in [0.15, 0.2) is 51.9 Å². The molecule has 0 N–H and O–H groups in total. The summed E-state index contributed by atoms with van der Waals surface area (Å²) >= 11 is 0. The van der Waals surface area contributed by atoms with Crippen molar-refractivity contribution in [1.82, 2.24) is 0 Å². The van der Waals surface area contributed by atoms with Gasteiger partial charge < -0.3 is 13.9 Å². The van der Waals surface area contributed by atoms with Gasteiger partial charge in [-0.15, -0.1) is 0 Å². The van der Waals surface area contributed by atoms with E-state index in [1.165, 1.54) is 18.4 Å². The smallest absolute Gasteiger partial charge is 0.235 e. The van der Waals surface area contributed by atoms with Crippen LogP contribution in [0.4, 0.5) is 4.39 Å². The van der Waals surface area contributed by atoms with Gasteiger partial charge in [0.15, 0.2) is 11.6 Å². The summed E-state index contributed by atoms with van der Waals surface area (Å²) in [7, 11) is 1.56. The van der Waals surface area contributed by atoms with Crippen LogP contribution in [0, 0.1) is 5.82 Å². The predicted molar refractivity (Wildman–Crippen MR) is 84.9 cm³/mol. The molecule has 0 aliphatic carbocycles. The normalized spacial score (nSPS) is 10.7. The van der Waals surface area contributed by atoms with E-state index >= 15 is 0 Å². The summed E-state index contributed by atoms with van der Waals surface area (Å²) < 4.78 is 29.8. The molecule has 0 bridgehead atoms. The Labute approximate surface area is 132 Å². The number of rotatable bonds is 4. The fourth-order valence-corrected chi connectivity index (χ4v) is 2.37. The van der Waals surface area contributed by atoms with Crippen LogP contribution in [0.25, 0.3) is 11.0 Å². The Bertz CT molecular complexity index is 915. The van der Waals surface area contributed by atoms with Crippen molar-refractivity contribution >= 4 is 11.0 Å². The van der Waals surface area contributed by atoms with Gasteiger partial charge in [-0.3, -0.25) is 4.79 Å². The van der Waals surface area contributed by atoms with E-state index in [2.05, 4.69) is 0 Å². The molecule has 0 spiro atoms. The zero-order valence-electron chi connectivity index (χ0n) is 12.8. The molecule has 0 saturated heterocycles. The van der Waals surface area contributed by atoms with E-state index in [9.17, 15) is 9.18 Å². The van der Waals surface area contributed by atoms with Crippen LogP contribution < -0.4 is 14.9 Å². The zero-order chi connectivity index (χ0) is 16.4. The molecule has 2 aromatic carbocycles. The van der Waals surface area contributed by atoms with Gasteiger partial charge in [0.2, 0.25) is 11.2 Å². The van der Waals surface area contributed by atoms with Crippen LogP contribution in [-0.2, 0) is 6.42 Å². The molecule has 5 heteroatoms. The fourth-order valence-electron chi connectivity index (χ4n) is 2.37. The lowest BCUT2D eigenvalue weighted by atomic mass is 10.1. The Hall–Kier alpha value is -2.82. The number of methoxy groups -OCH3 is 1. The summed E-state index contributed by atoms with van der Waals surface area (Å²) in [5.74, 6) is 0.0279. The van der Waals surface area contributed by atoms with E-state index in [1.54, 1.807) is 31.4 Å². The Kier molecular flexibility index (Phi) is 4.02. The minimum atomic E-state index is -0.545. The molecule has 4 nitrogen and oxygen atoms in total. The second-order valence-electron chi connectivity index (χ2n) is 4.98. The number of fused-ring (bicyclic) bond motifs is 1. The van der Waals surface area contributed by atoms with Crippen LogP contribution in [0.3, 0.4) is 0 Å². The van der Waals surface area contributed by atoms with E-state index in [1.807, 2.05) is 6.92 Å². The van der Waals surface area contributed by atoms with Crippen LogP contribution in [0.1, 0.15) is 12.5 Å². The average molecular weight is 314 g/mol. The van der Waals surface area contributed by atoms with Gasteiger partial charge in [0.1, 0.15) is 17.6 Å². The fraction of sp³-hybridized carbons (Fsp3) is 0.167. The number of benzene rings is 2. The highest BCUT2D eigenvalue weighted by Gasteiger charge is 2.14. The summed E-state index contributed by atoms with van der Waals surface area (Å²) in [6, 6.07) is 9.27. The van der Waals surface area contributed by atoms with Crippen LogP contribution >= 0.6 is 0 Å². The SMILES string of the molecule is CCc1cc2c(=O)c(Oc3ccccc3F)coc2cc1OC. The maximum Gasteiger partial charge on any atom is 0.235 e. The van der Waals surface area contributed by atoms with Gasteiger partial charge in [0.05, 0.1) is 12.5 Å². The first-order chi connectivity index (χ1) is 11.1. The summed E-state index contributed by atoms with van der Waals surface area (Å²) in [5.41, 5.74) is 0.923. The molecule has 0 aliphatic heterocycles. The number of aryl methyl sites for hydroxylation is 1. The number of hydrogen-bond acceptors (Lipinski definition) is 4. The van der Waals surface area contributed by atoms with Crippen molar-refractivity contribution in [2.24, 2.45) is 0 Å². The van der Waals surface area contributed by atoms with Crippen molar-refractivity contribution in [3.05, 3.63) is 64.3 Å². The number of ether oxygens (including phenoxy) is 2. The van der Waals surface area contributed by atoms with Gasteiger partial charge in [-0.25, -0.2) is 4.39 Å². The third kappa shape index (κ3) is 2.77. The van der Waals surface area contributed by atoms with Gasteiger partial charge in [-0.2, -0.15) is 0 Å². The molecule has 1 heterocycles. The van der Waals surface area contributed by atoms with E-state index in [0.29, 0.717) is 23.1 Å². The topological polar surface area (TPSA) is 48.7 Å². The van der Waals surface area contributed by atoms with E-state index in [-0.39, 0.29) is 16.9 Å². The Morgan fingerprint density at radius 3 is 2.61 bits per heavy atom. The van der Waals surface area contributed by atoms with Crippen molar-refractivity contribution in [3.63, 3.8) is 0 Å². The van der Waals surface area contributed by atoms with Crippen molar-refractivity contribution in [2.75, 3.05) is 7.11 Å². The molecule has 23 heavy (non-hydrogen) atoms. The van der Waals surface area contributed by atoms with E-state index < -0.39 is 5.82 Å². The predicted octanol–water partition coefficient (Wildman–Crippen LogP) is 4.30. The zero-order valence-corrected chi connectivity index (χ0v) is 12.8. The summed E-state index contributed by atoms with van der Waals surface area (Å²) in [5, 5.41) is 0.372. The molecule has 1 aromatic heterocycles. The quantitative estimate of drug-likeness (QED) is 0.720. The summed E-state index contributed by atoms with van der Waals surface area (Å²) in [6.45, 7) is 1.96. The van der Waals surface area contributed by atoms with Crippen molar-refractivity contribution in [3.8, 4) is 17.2 Å². The molecule has 0 aliphatic rings. The largest absolute Gasteiger partial charge is 0.496 e. The Morgan fingerprint density at radius 2 is 1.91 bits per heavy atom. The highest BCUT2D eigenvalue weighted by molar-refractivity contribution is 5.80. The molecule has 3 rings (SSSR count). The maximum atomic E-state index is 13.7. The van der Waals surface area contributed by atoms with Crippen LogP contribution in [0.2, 0.25) is 0 Å². The lowest BCUT2D eigenvalue weighted by molar-refractivity contribution is 0.407. The highest BCUT2D eigenvalue weighted by atomic mass is 19.1. The van der Waals surface area contributed by atoms with Gasteiger partial charge in [-0.05, 0) is 30.2 Å². The summed E-state index contributed by atoms with van der Waals surface area (Å²) in [6.07, 6.45) is 1.89. The van der Waals surface area contributed by atoms with Gasteiger partial charge >= 0.3 is 0 Å². The lowest BCUT2D eigenvalue weighted by Gasteiger charge is -2.09.